The number of ether oxygens (including phenoxy) is 2. The first-order chi connectivity index (χ1) is 15.5. The number of carbonyl (C=O) groups is 2. The third-order valence-electron chi connectivity index (χ3n) is 5.95. The summed E-state index contributed by atoms with van der Waals surface area (Å²) in [6, 6.07) is 16.9. The first kappa shape index (κ1) is 21.2. The summed E-state index contributed by atoms with van der Waals surface area (Å²) in [5.41, 5.74) is 10.3. The predicted molar refractivity (Wildman–Crippen MR) is 118 cm³/mol. The molecule has 0 bridgehead atoms. The van der Waals surface area contributed by atoms with Gasteiger partial charge in [0.2, 0.25) is 0 Å². The van der Waals surface area contributed by atoms with Crippen molar-refractivity contribution in [1.29, 1.82) is 5.26 Å². The van der Waals surface area contributed by atoms with E-state index in [9.17, 15) is 14.9 Å². The molecular formula is C25H23N3O4. The van der Waals surface area contributed by atoms with E-state index >= 15 is 0 Å². The average Bonchev–Trinajstić information content (AvgIpc) is 3.30. The maximum Gasteiger partial charge on any atom is 0.355 e. The number of allylic oxidation sites excluding steroid dienone is 1. The molecule has 2 aliphatic rings. The van der Waals surface area contributed by atoms with Crippen LogP contribution in [-0.2, 0) is 31.9 Å². The number of anilines is 1. The molecule has 0 spiro atoms. The Morgan fingerprint density at radius 1 is 1.03 bits per heavy atom. The molecular weight excluding hydrogens is 406 g/mol. The van der Waals surface area contributed by atoms with Crippen LogP contribution in [0.3, 0.4) is 0 Å². The van der Waals surface area contributed by atoms with E-state index in [1.165, 1.54) is 24.7 Å². The van der Waals surface area contributed by atoms with Crippen molar-refractivity contribution >= 4 is 17.6 Å². The van der Waals surface area contributed by atoms with E-state index in [4.69, 9.17) is 15.2 Å². The van der Waals surface area contributed by atoms with Crippen LogP contribution in [0.2, 0.25) is 0 Å². The van der Waals surface area contributed by atoms with Gasteiger partial charge in [-0.15, -0.1) is 0 Å². The molecule has 32 heavy (non-hydrogen) atoms. The number of carbonyl (C=O) groups excluding carboxylic acids is 2. The van der Waals surface area contributed by atoms with E-state index in [-0.39, 0.29) is 22.7 Å². The lowest BCUT2D eigenvalue weighted by Crippen LogP contribution is -2.40. The number of esters is 2. The number of hydrogen-bond acceptors (Lipinski definition) is 7. The third-order valence-corrected chi connectivity index (χ3v) is 5.95. The molecule has 7 nitrogen and oxygen atoms in total. The molecule has 2 aromatic carbocycles. The number of nitrogens with zero attached hydrogens (tertiary/aromatic N) is 2. The van der Waals surface area contributed by atoms with Crippen molar-refractivity contribution < 1.29 is 19.1 Å². The molecule has 0 fully saturated rings. The second-order valence-electron chi connectivity index (χ2n) is 7.64. The van der Waals surface area contributed by atoms with E-state index in [1.807, 2.05) is 24.3 Å². The highest BCUT2D eigenvalue weighted by Gasteiger charge is 2.43. The van der Waals surface area contributed by atoms with Crippen molar-refractivity contribution in [2.75, 3.05) is 19.1 Å². The minimum atomic E-state index is -0.867. The SMILES string of the molecule is COC(=O)C1=C(C(=O)OC)N(c2ccc3c(c2)CCC3)C(N)=C(C#N)C1c1ccccc1. The van der Waals surface area contributed by atoms with Crippen molar-refractivity contribution in [2.24, 2.45) is 5.73 Å². The lowest BCUT2D eigenvalue weighted by atomic mass is 9.81. The number of methoxy groups -OCH3 is 2. The quantitative estimate of drug-likeness (QED) is 0.745. The predicted octanol–water partition coefficient (Wildman–Crippen LogP) is 3.07. The second kappa shape index (κ2) is 8.60. The minimum Gasteiger partial charge on any atom is -0.466 e. The molecule has 2 aromatic rings. The van der Waals surface area contributed by atoms with Crippen molar-refractivity contribution in [3.8, 4) is 6.07 Å². The van der Waals surface area contributed by atoms with E-state index in [1.54, 1.807) is 24.3 Å². The molecule has 2 N–H and O–H groups in total. The van der Waals surface area contributed by atoms with Crippen molar-refractivity contribution in [3.63, 3.8) is 0 Å². The summed E-state index contributed by atoms with van der Waals surface area (Å²) in [5, 5.41) is 10.1. The molecule has 7 heteroatoms. The zero-order chi connectivity index (χ0) is 22.8. The summed E-state index contributed by atoms with van der Waals surface area (Å²) in [6.07, 6.45) is 2.96. The number of hydrogen-bond donors (Lipinski definition) is 1. The summed E-state index contributed by atoms with van der Waals surface area (Å²) in [7, 11) is 2.47. The van der Waals surface area contributed by atoms with Gasteiger partial charge in [-0.1, -0.05) is 36.4 Å². The van der Waals surface area contributed by atoms with Gasteiger partial charge in [0.25, 0.3) is 0 Å². The Morgan fingerprint density at radius 2 is 1.72 bits per heavy atom. The lowest BCUT2D eigenvalue weighted by Gasteiger charge is -2.36. The average molecular weight is 429 g/mol. The van der Waals surface area contributed by atoms with E-state index in [2.05, 4.69) is 6.07 Å². The smallest absolute Gasteiger partial charge is 0.355 e. The van der Waals surface area contributed by atoms with Crippen LogP contribution in [0.4, 0.5) is 5.69 Å². The highest BCUT2D eigenvalue weighted by molar-refractivity contribution is 6.06. The van der Waals surface area contributed by atoms with Gasteiger partial charge >= 0.3 is 11.9 Å². The number of fused-ring (bicyclic) bond motifs is 1. The summed E-state index contributed by atoms with van der Waals surface area (Å²) in [5.74, 6) is -2.27. The fraction of sp³-hybridized carbons (Fsp3) is 0.240. The summed E-state index contributed by atoms with van der Waals surface area (Å²) < 4.78 is 10.1. The normalized spacial score (nSPS) is 17.7. The first-order valence-electron chi connectivity index (χ1n) is 10.3. The molecule has 0 aromatic heterocycles. The largest absolute Gasteiger partial charge is 0.466 e. The lowest BCUT2D eigenvalue weighted by molar-refractivity contribution is -0.139. The Balaban J connectivity index is 2.03. The minimum absolute atomic E-state index is 0.0109. The zero-order valence-electron chi connectivity index (χ0n) is 17.9. The van der Waals surface area contributed by atoms with Crippen LogP contribution in [0, 0.1) is 11.3 Å². The Kier molecular flexibility index (Phi) is 5.69. The van der Waals surface area contributed by atoms with Gasteiger partial charge in [0.15, 0.2) is 0 Å². The van der Waals surface area contributed by atoms with Crippen LogP contribution in [-0.4, -0.2) is 26.2 Å². The van der Waals surface area contributed by atoms with E-state index in [0.717, 1.165) is 24.8 Å². The molecule has 1 aliphatic carbocycles. The topological polar surface area (TPSA) is 106 Å². The van der Waals surface area contributed by atoms with Crippen LogP contribution in [0.15, 0.2) is 71.2 Å². The van der Waals surface area contributed by atoms with Gasteiger partial charge < -0.3 is 15.2 Å². The molecule has 1 unspecified atom stereocenters. The van der Waals surface area contributed by atoms with E-state index < -0.39 is 17.9 Å². The maximum absolute atomic E-state index is 13.0. The van der Waals surface area contributed by atoms with Crippen molar-refractivity contribution in [2.45, 2.75) is 25.2 Å². The number of aryl methyl sites for hydroxylation is 2. The molecule has 4 rings (SSSR count). The van der Waals surface area contributed by atoms with Gasteiger partial charge in [0, 0.05) is 5.69 Å². The van der Waals surface area contributed by atoms with Crippen LogP contribution >= 0.6 is 0 Å². The molecule has 0 radical (unpaired) electrons. The van der Waals surface area contributed by atoms with Crippen LogP contribution in [0.1, 0.15) is 29.0 Å². The zero-order valence-corrected chi connectivity index (χ0v) is 17.9. The van der Waals surface area contributed by atoms with Crippen molar-refractivity contribution in [3.05, 3.63) is 87.9 Å². The molecule has 0 saturated heterocycles. The van der Waals surface area contributed by atoms with Gasteiger partial charge in [-0.2, -0.15) is 5.26 Å². The standard InChI is InChI=1S/C25H23N3O4/c1-31-24(29)21-20(16-7-4-3-5-8-16)19(14-26)23(27)28(22(21)25(30)32-2)18-12-11-15-9-6-10-17(15)13-18/h3-5,7-8,11-13,20H,6,9-10,27H2,1-2H3. The third kappa shape index (κ3) is 3.40. The van der Waals surface area contributed by atoms with Gasteiger partial charge in [-0.25, -0.2) is 9.59 Å². The molecule has 0 amide bonds. The van der Waals surface area contributed by atoms with Gasteiger partial charge in [-0.3, -0.25) is 4.90 Å². The summed E-state index contributed by atoms with van der Waals surface area (Å²) in [4.78, 5) is 27.5. The monoisotopic (exact) mass is 429 g/mol. The molecule has 0 saturated carbocycles. The molecule has 1 heterocycles. The fourth-order valence-corrected chi connectivity index (χ4v) is 4.48. The van der Waals surface area contributed by atoms with Gasteiger partial charge in [-0.05, 0) is 48.1 Å². The Labute approximate surface area is 186 Å². The summed E-state index contributed by atoms with van der Waals surface area (Å²) >= 11 is 0. The van der Waals surface area contributed by atoms with Gasteiger partial charge in [0.05, 0.1) is 37.4 Å². The van der Waals surface area contributed by atoms with Crippen molar-refractivity contribution in [1.82, 2.24) is 0 Å². The van der Waals surface area contributed by atoms with Gasteiger partial charge in [0.1, 0.15) is 11.5 Å². The van der Waals surface area contributed by atoms with Crippen LogP contribution < -0.4 is 10.6 Å². The number of rotatable bonds is 4. The molecule has 1 aliphatic heterocycles. The number of nitriles is 1. The highest BCUT2D eigenvalue weighted by Crippen LogP contribution is 2.43. The second-order valence-corrected chi connectivity index (χ2v) is 7.64. The van der Waals surface area contributed by atoms with E-state index in [0.29, 0.717) is 11.3 Å². The first-order valence-corrected chi connectivity index (χ1v) is 10.3. The molecule has 1 atom stereocenters. The van der Waals surface area contributed by atoms with Crippen LogP contribution in [0.25, 0.3) is 0 Å². The Morgan fingerprint density at radius 3 is 2.38 bits per heavy atom. The molecule has 162 valence electrons. The maximum atomic E-state index is 13.0. The fourth-order valence-electron chi connectivity index (χ4n) is 4.48. The Bertz CT molecular complexity index is 1190. The Hall–Kier alpha value is -4.05. The highest BCUT2D eigenvalue weighted by atomic mass is 16.5. The number of benzene rings is 2. The summed E-state index contributed by atoms with van der Waals surface area (Å²) in [6.45, 7) is 0. The number of nitrogens with two attached hydrogens (primary N) is 1. The van der Waals surface area contributed by atoms with Crippen LogP contribution in [0.5, 0.6) is 0 Å².